The lowest BCUT2D eigenvalue weighted by Crippen LogP contribution is -2.57. The van der Waals surface area contributed by atoms with E-state index in [0.29, 0.717) is 25.4 Å². The zero-order valence-electron chi connectivity index (χ0n) is 23.0. The predicted octanol–water partition coefficient (Wildman–Crippen LogP) is 5.38. The highest BCUT2D eigenvalue weighted by Gasteiger charge is 2.52. The van der Waals surface area contributed by atoms with Crippen LogP contribution >= 0.6 is 0 Å². The number of sulfone groups is 1. The van der Waals surface area contributed by atoms with E-state index in [-0.39, 0.29) is 17.7 Å². The molecule has 0 spiro atoms. The Balaban J connectivity index is 1.17. The number of ether oxygens (including phenoxy) is 1. The maximum Gasteiger partial charge on any atom is 0.265 e. The monoisotopic (exact) mass is 562 g/mol. The van der Waals surface area contributed by atoms with E-state index >= 15 is 0 Å². The van der Waals surface area contributed by atoms with Crippen molar-refractivity contribution in [2.24, 2.45) is 0 Å². The van der Waals surface area contributed by atoms with Gasteiger partial charge in [-0.1, -0.05) is 55.5 Å². The molecule has 0 radical (unpaired) electrons. The molecule has 0 aromatic heterocycles. The Labute approximate surface area is 237 Å². The second-order valence-electron chi connectivity index (χ2n) is 10.9. The average molecular weight is 563 g/mol. The first-order valence-corrected chi connectivity index (χ1v) is 15.7. The molecule has 212 valence electrons. The van der Waals surface area contributed by atoms with Crippen LogP contribution in [0.2, 0.25) is 0 Å². The normalized spacial score (nSPS) is 17.4. The van der Waals surface area contributed by atoms with Crippen molar-refractivity contribution in [1.29, 1.82) is 0 Å². The van der Waals surface area contributed by atoms with Crippen molar-refractivity contribution in [2.45, 2.75) is 61.0 Å². The summed E-state index contributed by atoms with van der Waals surface area (Å²) in [6.45, 7) is 4.22. The number of nitrogens with one attached hydrogen (secondary N) is 1. The van der Waals surface area contributed by atoms with Gasteiger partial charge in [-0.3, -0.25) is 10.0 Å². The molecule has 2 fully saturated rings. The first-order chi connectivity index (χ1) is 19.4. The Kier molecular flexibility index (Phi) is 8.59. The maximum atomic E-state index is 13.6. The quantitative estimate of drug-likeness (QED) is 0.185. The van der Waals surface area contributed by atoms with Crippen LogP contribution in [0, 0.1) is 0 Å². The minimum atomic E-state index is -4.03. The highest BCUT2D eigenvalue weighted by Crippen LogP contribution is 2.40. The second kappa shape index (κ2) is 12.1. The van der Waals surface area contributed by atoms with Gasteiger partial charge in [-0.15, -0.1) is 0 Å². The molecule has 1 saturated heterocycles. The molecule has 3 aromatic rings. The van der Waals surface area contributed by atoms with E-state index in [9.17, 15) is 18.4 Å². The van der Waals surface area contributed by atoms with Gasteiger partial charge < -0.3 is 9.64 Å². The first-order valence-electron chi connectivity index (χ1n) is 14.2. The summed E-state index contributed by atoms with van der Waals surface area (Å²) in [5, 5.41) is 9.34. The third kappa shape index (κ3) is 5.94. The van der Waals surface area contributed by atoms with Crippen LogP contribution in [0.15, 0.2) is 77.7 Å². The van der Waals surface area contributed by atoms with Crippen molar-refractivity contribution in [3.63, 3.8) is 0 Å². The van der Waals surface area contributed by atoms with Crippen molar-refractivity contribution in [1.82, 2.24) is 10.4 Å². The molecule has 7 nitrogen and oxygen atoms in total. The standard InChI is InChI=1S/C32H38N2O5S/c1-2-34-20-18-32(19-21-34,31(35)33-36)40(37,38)30-16-14-29(15-17-30)39-22-4-6-24-5-3-7-28(23-24)27-12-10-26(11-13-27)25-8-9-25/h3,5,7,10-17,23,25,36H,2,4,6,8-9,18-22H2,1H3,(H,33,35). The van der Waals surface area contributed by atoms with Gasteiger partial charge in [-0.2, -0.15) is 0 Å². The fourth-order valence-electron chi connectivity index (χ4n) is 5.63. The minimum Gasteiger partial charge on any atom is -0.494 e. The summed E-state index contributed by atoms with van der Waals surface area (Å²) in [5.74, 6) is 0.460. The van der Waals surface area contributed by atoms with Gasteiger partial charge in [0.2, 0.25) is 0 Å². The summed E-state index contributed by atoms with van der Waals surface area (Å²) in [7, 11) is -4.03. The molecule has 0 atom stereocenters. The zero-order chi connectivity index (χ0) is 28.2. The average Bonchev–Trinajstić information content (AvgIpc) is 3.85. The number of carbonyl (C=O) groups excluding carboxylic acids is 1. The number of hydrogen-bond acceptors (Lipinski definition) is 6. The van der Waals surface area contributed by atoms with Gasteiger partial charge in [0.05, 0.1) is 11.5 Å². The van der Waals surface area contributed by atoms with E-state index in [2.05, 4.69) is 53.4 Å². The van der Waals surface area contributed by atoms with E-state index in [4.69, 9.17) is 4.74 Å². The summed E-state index contributed by atoms with van der Waals surface area (Å²) in [6.07, 6.45) is 4.55. The lowest BCUT2D eigenvalue weighted by Gasteiger charge is -2.39. The Bertz CT molecular complexity index is 1410. The Morgan fingerprint density at radius 1 is 1.00 bits per heavy atom. The summed E-state index contributed by atoms with van der Waals surface area (Å²) < 4.78 is 31.4. The maximum absolute atomic E-state index is 13.6. The molecule has 3 aromatic carbocycles. The topological polar surface area (TPSA) is 95.9 Å². The molecule has 1 aliphatic heterocycles. The number of hydroxylamine groups is 1. The van der Waals surface area contributed by atoms with Gasteiger partial charge in [-0.25, -0.2) is 13.9 Å². The molecule has 0 bridgehead atoms. The molecule has 1 heterocycles. The lowest BCUT2D eigenvalue weighted by molar-refractivity contribution is -0.133. The number of likely N-dealkylation sites (tertiary alicyclic amines) is 1. The Morgan fingerprint density at radius 3 is 2.33 bits per heavy atom. The number of nitrogens with zero attached hydrogens (tertiary/aromatic N) is 1. The summed E-state index contributed by atoms with van der Waals surface area (Å²) in [5.41, 5.74) is 6.73. The van der Waals surface area contributed by atoms with Crippen LogP contribution in [0.25, 0.3) is 11.1 Å². The van der Waals surface area contributed by atoms with Crippen LogP contribution in [-0.2, 0) is 21.1 Å². The number of carbonyl (C=O) groups is 1. The van der Waals surface area contributed by atoms with Crippen molar-refractivity contribution in [3.05, 3.63) is 83.9 Å². The van der Waals surface area contributed by atoms with Crippen LogP contribution in [0.1, 0.15) is 56.1 Å². The number of aryl methyl sites for hydroxylation is 1. The van der Waals surface area contributed by atoms with Gasteiger partial charge in [0.1, 0.15) is 5.75 Å². The van der Waals surface area contributed by atoms with E-state index < -0.39 is 20.5 Å². The van der Waals surface area contributed by atoms with Crippen molar-refractivity contribution in [2.75, 3.05) is 26.2 Å². The summed E-state index contributed by atoms with van der Waals surface area (Å²) in [6, 6.07) is 23.8. The van der Waals surface area contributed by atoms with Crippen LogP contribution in [-0.4, -0.2) is 55.4 Å². The Morgan fingerprint density at radius 2 is 1.70 bits per heavy atom. The van der Waals surface area contributed by atoms with Crippen LogP contribution in [0.3, 0.4) is 0 Å². The van der Waals surface area contributed by atoms with Crippen molar-refractivity contribution < 1.29 is 23.2 Å². The van der Waals surface area contributed by atoms with Crippen LogP contribution in [0.4, 0.5) is 0 Å². The zero-order valence-corrected chi connectivity index (χ0v) is 23.8. The van der Waals surface area contributed by atoms with Crippen molar-refractivity contribution >= 4 is 15.7 Å². The van der Waals surface area contributed by atoms with Gasteiger partial charge >= 0.3 is 0 Å². The molecule has 2 N–H and O–H groups in total. The lowest BCUT2D eigenvalue weighted by atomic mass is 9.95. The Hall–Kier alpha value is -3.20. The van der Waals surface area contributed by atoms with Crippen LogP contribution in [0.5, 0.6) is 5.75 Å². The minimum absolute atomic E-state index is 0.0513. The SMILES string of the molecule is CCN1CCC(C(=O)NO)(S(=O)(=O)c2ccc(OCCCc3cccc(-c4ccc(C5CC5)cc4)c3)cc2)CC1. The molecule has 8 heteroatoms. The molecule has 2 aliphatic rings. The van der Waals surface area contributed by atoms with Gasteiger partial charge in [0.15, 0.2) is 14.6 Å². The van der Waals surface area contributed by atoms with E-state index in [1.54, 1.807) is 17.6 Å². The van der Waals surface area contributed by atoms with Gasteiger partial charge in [0, 0.05) is 13.1 Å². The molecule has 0 unspecified atom stereocenters. The number of amides is 1. The molecule has 5 rings (SSSR count). The molecule has 1 amide bonds. The number of rotatable bonds is 11. The van der Waals surface area contributed by atoms with Crippen LogP contribution < -0.4 is 10.2 Å². The number of piperidine rings is 1. The fraction of sp³-hybridized carbons (Fsp3) is 0.406. The highest BCUT2D eigenvalue weighted by atomic mass is 32.2. The molecule has 1 aliphatic carbocycles. The van der Waals surface area contributed by atoms with Gasteiger partial charge in [0.25, 0.3) is 5.91 Å². The molecule has 1 saturated carbocycles. The summed E-state index contributed by atoms with van der Waals surface area (Å²) in [4.78, 5) is 14.8. The third-order valence-corrected chi connectivity index (χ3v) is 10.9. The highest BCUT2D eigenvalue weighted by molar-refractivity contribution is 7.93. The second-order valence-corrected chi connectivity index (χ2v) is 13.2. The summed E-state index contributed by atoms with van der Waals surface area (Å²) >= 11 is 0. The van der Waals surface area contributed by atoms with E-state index in [1.807, 2.05) is 6.92 Å². The third-order valence-electron chi connectivity index (χ3n) is 8.37. The molecular weight excluding hydrogens is 524 g/mol. The van der Waals surface area contributed by atoms with E-state index in [1.165, 1.54) is 47.2 Å². The largest absolute Gasteiger partial charge is 0.494 e. The first kappa shape index (κ1) is 28.3. The van der Waals surface area contributed by atoms with Gasteiger partial charge in [-0.05, 0) is 97.5 Å². The fourth-order valence-corrected chi connectivity index (χ4v) is 7.58. The number of hydrogen-bond donors (Lipinski definition) is 2. The smallest absolute Gasteiger partial charge is 0.265 e. The molecule has 40 heavy (non-hydrogen) atoms. The van der Waals surface area contributed by atoms with E-state index in [0.717, 1.165) is 25.3 Å². The number of benzene rings is 3. The predicted molar refractivity (Wildman–Crippen MR) is 155 cm³/mol. The van der Waals surface area contributed by atoms with Crippen molar-refractivity contribution in [3.8, 4) is 16.9 Å². The molecular formula is C32H38N2O5S.